The molecule has 0 spiro atoms. The van der Waals surface area contributed by atoms with Crippen molar-refractivity contribution in [3.8, 4) is 0 Å². The van der Waals surface area contributed by atoms with Crippen molar-refractivity contribution < 1.29 is 18.3 Å². The van der Waals surface area contributed by atoms with Crippen molar-refractivity contribution in [3.63, 3.8) is 0 Å². The van der Waals surface area contributed by atoms with Crippen molar-refractivity contribution in [3.05, 3.63) is 17.0 Å². The third kappa shape index (κ3) is 1.92. The number of nitrogens with one attached hydrogen (secondary N) is 1. The van der Waals surface area contributed by atoms with Crippen LogP contribution >= 0.6 is 0 Å². The first kappa shape index (κ1) is 11.4. The maximum atomic E-state index is 12.7. The predicted octanol–water partition coefficient (Wildman–Crippen LogP) is 0.540. The summed E-state index contributed by atoms with van der Waals surface area (Å²) in [6, 6.07) is 0. The molecule has 0 aromatic carbocycles. The van der Waals surface area contributed by atoms with E-state index in [9.17, 15) is 13.2 Å². The minimum Gasteiger partial charge on any atom is -0.394 e. The average Bonchev–Trinajstić information content (AvgIpc) is 2.58. The maximum absolute atomic E-state index is 12.7. The molecule has 2 N–H and O–H groups in total. The zero-order valence-electron chi connectivity index (χ0n) is 8.51. The molecule has 0 radical (unpaired) electrons. The van der Waals surface area contributed by atoms with Crippen LogP contribution in [0.25, 0.3) is 0 Å². The summed E-state index contributed by atoms with van der Waals surface area (Å²) in [6.07, 6.45) is -3.91. The van der Waals surface area contributed by atoms with Crippen LogP contribution in [0.1, 0.15) is 17.0 Å². The molecule has 0 fully saturated rings. The van der Waals surface area contributed by atoms with Crippen LogP contribution in [0.15, 0.2) is 0 Å². The van der Waals surface area contributed by atoms with Crippen molar-refractivity contribution in [1.82, 2.24) is 15.1 Å². The van der Waals surface area contributed by atoms with Crippen LogP contribution in [-0.2, 0) is 25.7 Å². The van der Waals surface area contributed by atoms with Crippen LogP contribution in [0, 0.1) is 0 Å². The van der Waals surface area contributed by atoms with Gasteiger partial charge in [0.1, 0.15) is 0 Å². The molecule has 0 bridgehead atoms. The number of rotatable bonds is 2. The molecule has 0 aliphatic carbocycles. The van der Waals surface area contributed by atoms with Gasteiger partial charge in [-0.25, -0.2) is 0 Å². The first-order valence-electron chi connectivity index (χ1n) is 5.01. The van der Waals surface area contributed by atoms with Gasteiger partial charge in [0.15, 0.2) is 5.69 Å². The highest BCUT2D eigenvalue weighted by molar-refractivity contribution is 5.30. The molecule has 1 aromatic heterocycles. The molecule has 0 amide bonds. The van der Waals surface area contributed by atoms with E-state index in [1.54, 1.807) is 0 Å². The highest BCUT2D eigenvalue weighted by Crippen LogP contribution is 2.33. The van der Waals surface area contributed by atoms with E-state index in [0.717, 1.165) is 0 Å². The van der Waals surface area contributed by atoms with E-state index in [2.05, 4.69) is 10.4 Å². The largest absolute Gasteiger partial charge is 0.435 e. The van der Waals surface area contributed by atoms with E-state index < -0.39 is 11.9 Å². The lowest BCUT2D eigenvalue weighted by Gasteiger charge is -2.15. The van der Waals surface area contributed by atoms with Crippen LogP contribution in [0.4, 0.5) is 13.2 Å². The number of fused-ring (bicyclic) bond motifs is 1. The molecule has 0 unspecified atom stereocenters. The van der Waals surface area contributed by atoms with Gasteiger partial charge in [0.05, 0.1) is 13.2 Å². The van der Waals surface area contributed by atoms with Crippen LogP contribution < -0.4 is 5.32 Å². The Kier molecular flexibility index (Phi) is 2.90. The number of aliphatic hydroxyl groups excluding tert-OH is 1. The summed E-state index contributed by atoms with van der Waals surface area (Å²) in [6.45, 7) is 0.730. The van der Waals surface area contributed by atoms with Crippen molar-refractivity contribution in [2.75, 3.05) is 13.2 Å². The number of alkyl halides is 3. The van der Waals surface area contributed by atoms with E-state index in [-0.39, 0.29) is 25.3 Å². The van der Waals surface area contributed by atoms with Crippen LogP contribution in [0.3, 0.4) is 0 Å². The minimum atomic E-state index is -4.43. The Morgan fingerprint density at radius 1 is 1.44 bits per heavy atom. The Labute approximate surface area is 90.1 Å². The Bertz CT molecular complexity index is 386. The van der Waals surface area contributed by atoms with Crippen molar-refractivity contribution in [2.45, 2.75) is 25.7 Å². The third-order valence-electron chi connectivity index (χ3n) is 2.59. The Morgan fingerprint density at radius 3 is 2.81 bits per heavy atom. The van der Waals surface area contributed by atoms with Gasteiger partial charge >= 0.3 is 6.18 Å². The Hall–Kier alpha value is -1.08. The molecule has 1 aromatic rings. The standard InChI is InChI=1S/C9H12F3N3O/c10-9(11,12)8-6-5-13-2-1-7(6)15(14-8)3-4-16/h13,16H,1-5H2. The van der Waals surface area contributed by atoms with E-state index in [0.29, 0.717) is 18.7 Å². The molecule has 0 saturated carbocycles. The predicted molar refractivity (Wildman–Crippen MR) is 49.7 cm³/mol. The first-order valence-corrected chi connectivity index (χ1v) is 5.01. The van der Waals surface area contributed by atoms with Gasteiger partial charge in [-0.3, -0.25) is 4.68 Å². The second-order valence-corrected chi connectivity index (χ2v) is 3.65. The molecule has 2 heterocycles. The SMILES string of the molecule is OCCn1nc(C(F)(F)F)c2c1CCNC2. The Morgan fingerprint density at radius 2 is 2.19 bits per heavy atom. The zero-order chi connectivity index (χ0) is 11.8. The lowest BCUT2D eigenvalue weighted by molar-refractivity contribution is -0.142. The molecule has 1 aliphatic heterocycles. The third-order valence-corrected chi connectivity index (χ3v) is 2.59. The second kappa shape index (κ2) is 4.06. The number of hydrogen-bond acceptors (Lipinski definition) is 3. The smallest absolute Gasteiger partial charge is 0.394 e. The molecule has 16 heavy (non-hydrogen) atoms. The topological polar surface area (TPSA) is 50.1 Å². The molecule has 1 aliphatic rings. The number of nitrogens with zero attached hydrogens (tertiary/aromatic N) is 2. The lowest BCUT2D eigenvalue weighted by atomic mass is 10.1. The maximum Gasteiger partial charge on any atom is 0.435 e. The average molecular weight is 235 g/mol. The summed E-state index contributed by atoms with van der Waals surface area (Å²) in [5, 5.41) is 15.2. The van der Waals surface area contributed by atoms with Gasteiger partial charge < -0.3 is 10.4 Å². The normalized spacial score (nSPS) is 16.2. The van der Waals surface area contributed by atoms with Gasteiger partial charge in [-0.05, 0) is 0 Å². The number of hydrogen-bond donors (Lipinski definition) is 2. The van der Waals surface area contributed by atoms with Crippen molar-refractivity contribution in [2.24, 2.45) is 0 Å². The fraction of sp³-hybridized carbons (Fsp3) is 0.667. The molecule has 0 saturated heterocycles. The number of aromatic nitrogens is 2. The van der Waals surface area contributed by atoms with E-state index in [1.807, 2.05) is 0 Å². The number of aliphatic hydroxyl groups is 1. The van der Waals surface area contributed by atoms with Gasteiger partial charge in [0.2, 0.25) is 0 Å². The highest BCUT2D eigenvalue weighted by atomic mass is 19.4. The second-order valence-electron chi connectivity index (χ2n) is 3.65. The molecule has 0 atom stereocenters. The summed E-state index contributed by atoms with van der Waals surface area (Å²) < 4.78 is 39.3. The van der Waals surface area contributed by atoms with Crippen molar-refractivity contribution in [1.29, 1.82) is 0 Å². The van der Waals surface area contributed by atoms with Gasteiger partial charge in [0.25, 0.3) is 0 Å². The highest BCUT2D eigenvalue weighted by Gasteiger charge is 2.39. The molecule has 7 heteroatoms. The van der Waals surface area contributed by atoms with Crippen LogP contribution in [-0.4, -0.2) is 28.0 Å². The van der Waals surface area contributed by atoms with E-state index >= 15 is 0 Å². The van der Waals surface area contributed by atoms with E-state index in [1.165, 1.54) is 4.68 Å². The molecular formula is C9H12F3N3O. The number of halogens is 3. The fourth-order valence-electron chi connectivity index (χ4n) is 1.93. The molecular weight excluding hydrogens is 223 g/mol. The lowest BCUT2D eigenvalue weighted by Crippen LogP contribution is -2.26. The zero-order valence-corrected chi connectivity index (χ0v) is 8.51. The van der Waals surface area contributed by atoms with Gasteiger partial charge in [-0.2, -0.15) is 18.3 Å². The van der Waals surface area contributed by atoms with Gasteiger partial charge in [-0.15, -0.1) is 0 Å². The Balaban J connectivity index is 2.46. The van der Waals surface area contributed by atoms with Gasteiger partial charge in [0, 0.05) is 30.8 Å². The fourth-order valence-corrected chi connectivity index (χ4v) is 1.93. The summed E-state index contributed by atoms with van der Waals surface area (Å²) in [7, 11) is 0. The van der Waals surface area contributed by atoms with Gasteiger partial charge in [-0.1, -0.05) is 0 Å². The summed E-state index contributed by atoms with van der Waals surface area (Å²) in [4.78, 5) is 0. The summed E-state index contributed by atoms with van der Waals surface area (Å²) in [5.74, 6) is 0. The van der Waals surface area contributed by atoms with Crippen molar-refractivity contribution >= 4 is 0 Å². The quantitative estimate of drug-likeness (QED) is 0.786. The van der Waals surface area contributed by atoms with Crippen LogP contribution in [0.5, 0.6) is 0 Å². The summed E-state index contributed by atoms with van der Waals surface area (Å²) in [5.41, 5.74) is -0.0320. The first-order chi connectivity index (χ1) is 7.54. The van der Waals surface area contributed by atoms with E-state index in [4.69, 9.17) is 5.11 Å². The molecule has 4 nitrogen and oxygen atoms in total. The summed E-state index contributed by atoms with van der Waals surface area (Å²) >= 11 is 0. The minimum absolute atomic E-state index is 0.110. The monoisotopic (exact) mass is 235 g/mol. The van der Waals surface area contributed by atoms with Crippen LogP contribution in [0.2, 0.25) is 0 Å². The molecule has 90 valence electrons. The molecule has 2 rings (SSSR count).